The van der Waals surface area contributed by atoms with Crippen LogP contribution in [0.1, 0.15) is 48.3 Å². The van der Waals surface area contributed by atoms with Crippen LogP contribution in [0, 0.1) is 6.92 Å². The number of imidazole rings is 1. The number of carbonyl (C=O) groups excluding carboxylic acids is 2. The Bertz CT molecular complexity index is 766. The number of nitrogens with one attached hydrogen (secondary N) is 1. The van der Waals surface area contributed by atoms with Gasteiger partial charge in [-0.15, -0.1) is 0 Å². The average molecular weight is 342 g/mol. The number of pyridine rings is 1. The van der Waals surface area contributed by atoms with Crippen LogP contribution >= 0.6 is 0 Å². The van der Waals surface area contributed by atoms with Crippen LogP contribution in [0.4, 0.5) is 4.79 Å². The van der Waals surface area contributed by atoms with Gasteiger partial charge in [0.2, 0.25) is 0 Å². The number of hydrazine groups is 1. The third-order valence-corrected chi connectivity index (χ3v) is 4.35. The summed E-state index contributed by atoms with van der Waals surface area (Å²) in [5.41, 5.74) is 9.11. The van der Waals surface area contributed by atoms with Crippen molar-refractivity contribution in [3.8, 4) is 5.82 Å². The minimum atomic E-state index is -0.653. The summed E-state index contributed by atoms with van der Waals surface area (Å²) in [6, 6.07) is 4.89. The molecular weight excluding hydrogens is 320 g/mol. The van der Waals surface area contributed by atoms with Gasteiger partial charge in [0.1, 0.15) is 17.8 Å². The zero-order valence-corrected chi connectivity index (χ0v) is 14.2. The summed E-state index contributed by atoms with van der Waals surface area (Å²) >= 11 is 0. The van der Waals surface area contributed by atoms with Crippen molar-refractivity contribution in [1.29, 1.82) is 0 Å². The fourth-order valence-corrected chi connectivity index (χ4v) is 3.07. The van der Waals surface area contributed by atoms with E-state index >= 15 is 0 Å². The lowest BCUT2D eigenvalue weighted by Crippen LogP contribution is -2.54. The highest BCUT2D eigenvalue weighted by atomic mass is 16.2. The van der Waals surface area contributed by atoms with E-state index in [1.165, 1.54) is 11.3 Å². The first-order valence-electron chi connectivity index (χ1n) is 8.42. The molecule has 25 heavy (non-hydrogen) atoms. The van der Waals surface area contributed by atoms with Gasteiger partial charge < -0.3 is 5.73 Å². The van der Waals surface area contributed by atoms with Gasteiger partial charge in [0.25, 0.3) is 5.91 Å². The van der Waals surface area contributed by atoms with Gasteiger partial charge in [-0.05, 0) is 31.9 Å². The summed E-state index contributed by atoms with van der Waals surface area (Å²) in [5.74, 6) is 0.210. The number of hydrogen-bond donors (Lipinski definition) is 2. The van der Waals surface area contributed by atoms with Crippen molar-refractivity contribution in [1.82, 2.24) is 25.0 Å². The van der Waals surface area contributed by atoms with E-state index in [0.717, 1.165) is 37.8 Å². The third kappa shape index (κ3) is 3.96. The molecule has 3 rings (SSSR count). The molecule has 2 aromatic heterocycles. The van der Waals surface area contributed by atoms with E-state index in [2.05, 4.69) is 15.4 Å². The molecule has 0 saturated heterocycles. The van der Waals surface area contributed by atoms with Crippen LogP contribution in [-0.4, -0.2) is 37.5 Å². The Balaban J connectivity index is 1.73. The lowest BCUT2D eigenvalue weighted by Gasteiger charge is -2.32. The second-order valence-corrected chi connectivity index (χ2v) is 6.24. The largest absolute Gasteiger partial charge is 0.350 e. The van der Waals surface area contributed by atoms with Crippen molar-refractivity contribution < 1.29 is 9.59 Å². The van der Waals surface area contributed by atoms with Crippen LogP contribution in [-0.2, 0) is 0 Å². The fraction of sp³-hybridized carbons (Fsp3) is 0.412. The van der Waals surface area contributed by atoms with Gasteiger partial charge in [-0.3, -0.25) is 14.8 Å². The van der Waals surface area contributed by atoms with E-state index in [1.807, 2.05) is 25.1 Å². The average Bonchev–Trinajstić information content (AvgIpc) is 3.10. The number of carbonyl (C=O) groups is 2. The van der Waals surface area contributed by atoms with E-state index in [0.29, 0.717) is 5.82 Å². The predicted octanol–water partition coefficient (Wildman–Crippen LogP) is 1.93. The summed E-state index contributed by atoms with van der Waals surface area (Å²) in [7, 11) is 0. The second kappa shape index (κ2) is 7.33. The molecule has 1 saturated carbocycles. The molecule has 2 aromatic rings. The number of nitrogens with zero attached hydrogens (tertiary/aromatic N) is 4. The molecule has 0 radical (unpaired) electrons. The normalized spacial score (nSPS) is 14.9. The number of urea groups is 1. The van der Waals surface area contributed by atoms with Crippen LogP contribution in [0.5, 0.6) is 0 Å². The highest BCUT2D eigenvalue weighted by molar-refractivity contribution is 5.93. The molecule has 2 heterocycles. The Kier molecular flexibility index (Phi) is 4.97. The van der Waals surface area contributed by atoms with E-state index in [9.17, 15) is 9.59 Å². The number of aryl methyl sites for hydroxylation is 1. The highest BCUT2D eigenvalue weighted by Crippen LogP contribution is 2.21. The summed E-state index contributed by atoms with van der Waals surface area (Å²) in [6.45, 7) is 1.89. The minimum Gasteiger partial charge on any atom is -0.350 e. The first-order valence-corrected chi connectivity index (χ1v) is 8.42. The molecule has 3 amide bonds. The Morgan fingerprint density at radius 1 is 1.28 bits per heavy atom. The van der Waals surface area contributed by atoms with Crippen LogP contribution in [0.15, 0.2) is 30.7 Å². The summed E-state index contributed by atoms with van der Waals surface area (Å²) in [4.78, 5) is 32.7. The van der Waals surface area contributed by atoms with Gasteiger partial charge in [-0.2, -0.15) is 0 Å². The number of rotatable bonds is 3. The Hall–Kier alpha value is -2.90. The summed E-state index contributed by atoms with van der Waals surface area (Å²) < 4.78 is 1.66. The third-order valence-electron chi connectivity index (χ3n) is 4.35. The van der Waals surface area contributed by atoms with Crippen molar-refractivity contribution in [3.63, 3.8) is 0 Å². The van der Waals surface area contributed by atoms with Gasteiger partial charge in [-0.25, -0.2) is 19.8 Å². The molecule has 8 nitrogen and oxygen atoms in total. The molecule has 0 aliphatic heterocycles. The number of hydrogen-bond acceptors (Lipinski definition) is 4. The Morgan fingerprint density at radius 3 is 2.72 bits per heavy atom. The monoisotopic (exact) mass is 342 g/mol. The van der Waals surface area contributed by atoms with E-state index in [4.69, 9.17) is 5.73 Å². The SMILES string of the molecule is Cc1cccc(-n2cnc(C(=O)NN(C(N)=O)C3CCCCC3)c2)n1. The lowest BCUT2D eigenvalue weighted by atomic mass is 9.95. The maximum absolute atomic E-state index is 12.5. The van der Waals surface area contributed by atoms with Crippen LogP contribution in [0.25, 0.3) is 5.82 Å². The Morgan fingerprint density at radius 2 is 2.04 bits per heavy atom. The van der Waals surface area contributed by atoms with Crippen LogP contribution in [0.2, 0.25) is 0 Å². The van der Waals surface area contributed by atoms with Gasteiger partial charge in [0.15, 0.2) is 0 Å². The summed E-state index contributed by atoms with van der Waals surface area (Å²) in [6.07, 6.45) is 7.97. The lowest BCUT2D eigenvalue weighted by molar-refractivity contribution is 0.0727. The molecule has 0 spiro atoms. The van der Waals surface area contributed by atoms with Crippen molar-refractivity contribution in [2.45, 2.75) is 45.1 Å². The van der Waals surface area contributed by atoms with Gasteiger partial charge in [-0.1, -0.05) is 25.3 Å². The van der Waals surface area contributed by atoms with Crippen molar-refractivity contribution in [2.75, 3.05) is 0 Å². The Labute approximate surface area is 146 Å². The molecule has 3 N–H and O–H groups in total. The number of aromatic nitrogens is 3. The number of nitrogens with two attached hydrogens (primary N) is 1. The van der Waals surface area contributed by atoms with Gasteiger partial charge in [0.05, 0.1) is 6.04 Å². The second-order valence-electron chi connectivity index (χ2n) is 6.24. The fourth-order valence-electron chi connectivity index (χ4n) is 3.07. The highest BCUT2D eigenvalue weighted by Gasteiger charge is 2.26. The first kappa shape index (κ1) is 16.9. The van der Waals surface area contributed by atoms with Crippen molar-refractivity contribution >= 4 is 11.9 Å². The molecule has 1 fully saturated rings. The van der Waals surface area contributed by atoms with E-state index < -0.39 is 11.9 Å². The molecule has 1 aliphatic rings. The standard InChI is InChI=1S/C17H22N6O2/c1-12-6-5-9-15(20-12)22-10-14(19-11-22)16(24)21-23(17(18)25)13-7-3-2-4-8-13/h5-6,9-11,13H,2-4,7-8H2,1H3,(H2,18,25)(H,21,24). The number of amides is 3. The predicted molar refractivity (Wildman–Crippen MR) is 91.9 cm³/mol. The van der Waals surface area contributed by atoms with Crippen LogP contribution in [0.3, 0.4) is 0 Å². The minimum absolute atomic E-state index is 0.0595. The number of primary amides is 1. The van der Waals surface area contributed by atoms with E-state index in [-0.39, 0.29) is 11.7 Å². The van der Waals surface area contributed by atoms with E-state index in [1.54, 1.807) is 10.8 Å². The zero-order valence-electron chi connectivity index (χ0n) is 14.2. The molecule has 0 unspecified atom stereocenters. The molecule has 8 heteroatoms. The molecular formula is C17H22N6O2. The quantitative estimate of drug-likeness (QED) is 0.831. The first-order chi connectivity index (χ1) is 12.0. The zero-order chi connectivity index (χ0) is 17.8. The molecule has 0 aromatic carbocycles. The van der Waals surface area contributed by atoms with Gasteiger partial charge in [0, 0.05) is 11.9 Å². The topological polar surface area (TPSA) is 106 Å². The van der Waals surface area contributed by atoms with Crippen LogP contribution < -0.4 is 11.2 Å². The maximum atomic E-state index is 12.5. The van der Waals surface area contributed by atoms with Crippen molar-refractivity contribution in [3.05, 3.63) is 42.1 Å². The van der Waals surface area contributed by atoms with Gasteiger partial charge >= 0.3 is 6.03 Å². The molecule has 0 bridgehead atoms. The molecule has 132 valence electrons. The maximum Gasteiger partial charge on any atom is 0.333 e. The summed E-state index contributed by atoms with van der Waals surface area (Å²) in [5, 5.41) is 1.24. The molecule has 1 aliphatic carbocycles. The smallest absolute Gasteiger partial charge is 0.333 e. The van der Waals surface area contributed by atoms with Crippen molar-refractivity contribution in [2.24, 2.45) is 5.73 Å². The molecule has 0 atom stereocenters.